The van der Waals surface area contributed by atoms with Crippen molar-refractivity contribution >= 4 is 23.0 Å². The molecule has 1 fully saturated rings. The van der Waals surface area contributed by atoms with Crippen LogP contribution in [-0.4, -0.2) is 21.7 Å². The van der Waals surface area contributed by atoms with Crippen LogP contribution in [0.5, 0.6) is 0 Å². The average Bonchev–Trinajstić information content (AvgIpc) is 2.71. The van der Waals surface area contributed by atoms with Gasteiger partial charge in [0.25, 0.3) is 0 Å². The molecule has 0 saturated heterocycles. The summed E-state index contributed by atoms with van der Waals surface area (Å²) in [6, 6.07) is 0. The van der Waals surface area contributed by atoms with Gasteiger partial charge in [0.05, 0.1) is 11.3 Å². The second-order valence-electron chi connectivity index (χ2n) is 6.88. The van der Waals surface area contributed by atoms with Crippen LogP contribution in [0, 0.1) is 30.6 Å². The van der Waals surface area contributed by atoms with E-state index in [0.717, 1.165) is 23.4 Å². The van der Waals surface area contributed by atoms with E-state index in [1.165, 1.54) is 0 Å². The van der Waals surface area contributed by atoms with Gasteiger partial charge >= 0.3 is 0 Å². The maximum absolute atomic E-state index is 5.84. The molecule has 110 valence electrons. The Morgan fingerprint density at radius 2 is 1.75 bits per heavy atom. The van der Waals surface area contributed by atoms with E-state index in [4.69, 9.17) is 18.0 Å². The molecule has 0 amide bonds. The first-order valence-corrected chi connectivity index (χ1v) is 7.39. The predicted octanol–water partition coefficient (Wildman–Crippen LogP) is 2.82. The predicted molar refractivity (Wildman–Crippen MR) is 86.9 cm³/mol. The Labute approximate surface area is 126 Å². The topological polar surface area (TPSA) is 63.8 Å². The standard InChI is InChI=1S/C15H24N4S/c1-8-9(2)18-19-13(11(8)12(16)20)17-7-10-14(3,4)15(10,5)6/h10H,7H2,1-6H3,(H2,16,20)(H,17,19). The normalized spacial score (nSPS) is 19.7. The van der Waals surface area contributed by atoms with Gasteiger partial charge in [0.2, 0.25) is 0 Å². The van der Waals surface area contributed by atoms with Crippen LogP contribution in [0.15, 0.2) is 0 Å². The van der Waals surface area contributed by atoms with Crippen LogP contribution in [0.4, 0.5) is 5.82 Å². The summed E-state index contributed by atoms with van der Waals surface area (Å²) in [5.74, 6) is 1.32. The number of nitrogens with one attached hydrogen (secondary N) is 1. The van der Waals surface area contributed by atoms with Gasteiger partial charge in [-0.25, -0.2) is 0 Å². The van der Waals surface area contributed by atoms with Crippen molar-refractivity contribution in [2.45, 2.75) is 41.5 Å². The smallest absolute Gasteiger partial charge is 0.159 e. The molecule has 5 heteroatoms. The number of nitrogens with two attached hydrogens (primary N) is 1. The highest BCUT2D eigenvalue weighted by molar-refractivity contribution is 7.80. The number of rotatable bonds is 4. The molecule has 1 aromatic heterocycles. The maximum Gasteiger partial charge on any atom is 0.159 e. The molecule has 20 heavy (non-hydrogen) atoms. The van der Waals surface area contributed by atoms with Crippen LogP contribution in [0.3, 0.4) is 0 Å². The molecular weight excluding hydrogens is 268 g/mol. The molecule has 0 bridgehead atoms. The van der Waals surface area contributed by atoms with Gasteiger partial charge in [0.1, 0.15) is 4.99 Å². The van der Waals surface area contributed by atoms with Gasteiger partial charge in [0, 0.05) is 6.54 Å². The first kappa shape index (κ1) is 15.2. The van der Waals surface area contributed by atoms with E-state index in [1.54, 1.807) is 0 Å². The van der Waals surface area contributed by atoms with E-state index < -0.39 is 0 Å². The van der Waals surface area contributed by atoms with Crippen molar-refractivity contribution in [1.82, 2.24) is 10.2 Å². The van der Waals surface area contributed by atoms with E-state index in [-0.39, 0.29) is 0 Å². The van der Waals surface area contributed by atoms with E-state index in [0.29, 0.717) is 27.6 Å². The maximum atomic E-state index is 5.84. The van der Waals surface area contributed by atoms with Gasteiger partial charge in [-0.2, -0.15) is 5.10 Å². The molecular formula is C15H24N4S. The Morgan fingerprint density at radius 3 is 2.20 bits per heavy atom. The average molecular weight is 292 g/mol. The van der Waals surface area contributed by atoms with Gasteiger partial charge < -0.3 is 11.1 Å². The molecule has 1 aliphatic rings. The molecule has 0 atom stereocenters. The van der Waals surface area contributed by atoms with Gasteiger partial charge in [0.15, 0.2) is 5.82 Å². The van der Waals surface area contributed by atoms with Crippen LogP contribution < -0.4 is 11.1 Å². The summed E-state index contributed by atoms with van der Waals surface area (Å²) in [4.78, 5) is 0.373. The molecule has 0 radical (unpaired) electrons. The minimum Gasteiger partial charge on any atom is -0.389 e. The molecule has 1 aliphatic carbocycles. The largest absolute Gasteiger partial charge is 0.389 e. The Hall–Kier alpha value is -1.23. The number of hydrogen-bond acceptors (Lipinski definition) is 4. The number of aromatic nitrogens is 2. The lowest BCUT2D eigenvalue weighted by Gasteiger charge is -2.13. The molecule has 2 rings (SSSR count). The van der Waals surface area contributed by atoms with Crippen LogP contribution >= 0.6 is 12.2 Å². The molecule has 1 saturated carbocycles. The van der Waals surface area contributed by atoms with E-state index in [2.05, 4.69) is 43.2 Å². The lowest BCUT2D eigenvalue weighted by molar-refractivity contribution is 0.457. The summed E-state index contributed by atoms with van der Waals surface area (Å²) in [6.45, 7) is 14.0. The minimum absolute atomic E-state index is 0.344. The van der Waals surface area contributed by atoms with Crippen LogP contribution in [-0.2, 0) is 0 Å². The Bertz CT molecular complexity index is 549. The minimum atomic E-state index is 0.344. The number of thiocarbonyl (C=S) groups is 1. The summed E-state index contributed by atoms with van der Waals surface area (Å²) in [6.07, 6.45) is 0. The summed E-state index contributed by atoms with van der Waals surface area (Å²) in [7, 11) is 0. The highest BCUT2D eigenvalue weighted by atomic mass is 32.1. The Morgan fingerprint density at radius 1 is 1.20 bits per heavy atom. The number of aryl methyl sites for hydroxylation is 1. The van der Waals surface area contributed by atoms with E-state index in [1.807, 2.05) is 13.8 Å². The highest BCUT2D eigenvalue weighted by Gasteiger charge is 2.64. The molecule has 0 aliphatic heterocycles. The molecule has 0 unspecified atom stereocenters. The second kappa shape index (κ2) is 4.65. The van der Waals surface area contributed by atoms with Crippen LogP contribution in [0.1, 0.15) is 44.5 Å². The SMILES string of the molecule is Cc1nnc(NCC2C(C)(C)C2(C)C)c(C(N)=S)c1C. The number of hydrogen-bond donors (Lipinski definition) is 2. The zero-order valence-corrected chi connectivity index (χ0v) is 14.0. The van der Waals surface area contributed by atoms with Crippen molar-refractivity contribution in [2.75, 3.05) is 11.9 Å². The van der Waals surface area contributed by atoms with Crippen molar-refractivity contribution < 1.29 is 0 Å². The number of anilines is 1. The molecule has 0 aromatic carbocycles. The third-order valence-corrected chi connectivity index (χ3v) is 5.70. The van der Waals surface area contributed by atoms with Crippen molar-refractivity contribution in [2.24, 2.45) is 22.5 Å². The van der Waals surface area contributed by atoms with Crippen molar-refractivity contribution in [1.29, 1.82) is 0 Å². The summed E-state index contributed by atoms with van der Waals surface area (Å²) in [5, 5.41) is 11.8. The molecule has 4 nitrogen and oxygen atoms in total. The lowest BCUT2D eigenvalue weighted by atomic mass is 10.0. The zero-order valence-electron chi connectivity index (χ0n) is 13.2. The molecule has 1 aromatic rings. The first-order chi connectivity index (χ1) is 9.10. The summed E-state index contributed by atoms with van der Waals surface area (Å²) >= 11 is 5.15. The fraction of sp³-hybridized carbons (Fsp3) is 0.667. The Kier molecular flexibility index (Phi) is 3.53. The quantitative estimate of drug-likeness (QED) is 0.836. The second-order valence-corrected chi connectivity index (χ2v) is 7.31. The van der Waals surface area contributed by atoms with Crippen molar-refractivity contribution in [3.63, 3.8) is 0 Å². The third kappa shape index (κ3) is 2.18. The highest BCUT2D eigenvalue weighted by Crippen LogP contribution is 2.68. The monoisotopic (exact) mass is 292 g/mol. The van der Waals surface area contributed by atoms with Crippen LogP contribution in [0.2, 0.25) is 0 Å². The lowest BCUT2D eigenvalue weighted by Crippen LogP contribution is -2.19. The van der Waals surface area contributed by atoms with Crippen molar-refractivity contribution in [3.05, 3.63) is 16.8 Å². The fourth-order valence-corrected chi connectivity index (χ4v) is 3.33. The summed E-state index contributed by atoms with van der Waals surface area (Å²) in [5.41, 5.74) is 9.22. The molecule has 1 heterocycles. The Balaban J connectivity index is 2.20. The fourth-order valence-electron chi connectivity index (χ4n) is 3.08. The third-order valence-electron chi connectivity index (χ3n) is 5.49. The van der Waals surface area contributed by atoms with Gasteiger partial charge in [-0.3, -0.25) is 0 Å². The van der Waals surface area contributed by atoms with Gasteiger partial charge in [-0.05, 0) is 36.2 Å². The van der Waals surface area contributed by atoms with Crippen LogP contribution in [0.25, 0.3) is 0 Å². The number of nitrogens with zero attached hydrogens (tertiary/aromatic N) is 2. The molecule has 0 spiro atoms. The van der Waals surface area contributed by atoms with E-state index in [9.17, 15) is 0 Å². The summed E-state index contributed by atoms with van der Waals surface area (Å²) < 4.78 is 0. The van der Waals surface area contributed by atoms with Crippen molar-refractivity contribution in [3.8, 4) is 0 Å². The first-order valence-electron chi connectivity index (χ1n) is 6.98. The van der Waals surface area contributed by atoms with E-state index >= 15 is 0 Å². The molecule has 3 N–H and O–H groups in total. The van der Waals surface area contributed by atoms with Gasteiger partial charge in [-0.1, -0.05) is 39.9 Å². The van der Waals surface area contributed by atoms with Gasteiger partial charge in [-0.15, -0.1) is 5.10 Å². The zero-order chi connectivity index (χ0) is 15.3.